The maximum atomic E-state index is 14.4. The Morgan fingerprint density at radius 1 is 0.741 bits per heavy atom. The van der Waals surface area contributed by atoms with Gasteiger partial charge in [-0.1, -0.05) is 19.9 Å². The first-order chi connectivity index (χ1) is 12.3. The van der Waals surface area contributed by atoms with Gasteiger partial charge in [0, 0.05) is 16.5 Å². The molecular formula is C17H8Cl2F6O2. The maximum Gasteiger partial charge on any atom is 0.258 e. The van der Waals surface area contributed by atoms with E-state index in [9.17, 15) is 35.9 Å². The van der Waals surface area contributed by atoms with Crippen molar-refractivity contribution in [3.63, 3.8) is 0 Å². The fourth-order valence-corrected chi connectivity index (χ4v) is 2.98. The third-order valence-corrected chi connectivity index (χ3v) is 4.44. The summed E-state index contributed by atoms with van der Waals surface area (Å²) in [5.74, 6) is -11.5. The van der Waals surface area contributed by atoms with Gasteiger partial charge in [-0.3, -0.25) is 9.59 Å². The molecule has 0 N–H and O–H groups in total. The standard InChI is InChI=1S/C17H8Cl2F6O2/c1-17(2,6-4-3-5(15(18)26)9(20)10(6)21)8-13(24)11(22)7(16(19)27)12(23)14(8)25/h3-4H,1-2H3. The number of hydrogen-bond donors (Lipinski definition) is 0. The summed E-state index contributed by atoms with van der Waals surface area (Å²) in [6.07, 6.45) is 0. The predicted molar refractivity (Wildman–Crippen MR) is 85.1 cm³/mol. The summed E-state index contributed by atoms with van der Waals surface area (Å²) in [6, 6.07) is 1.55. The lowest BCUT2D eigenvalue weighted by Gasteiger charge is -2.28. The second-order valence-corrected chi connectivity index (χ2v) is 6.65. The molecule has 0 heterocycles. The Labute approximate surface area is 158 Å². The minimum atomic E-state index is -2.16. The first-order valence-electron chi connectivity index (χ1n) is 7.08. The molecule has 0 unspecified atom stereocenters. The summed E-state index contributed by atoms with van der Waals surface area (Å²) in [5.41, 5.74) is -6.68. The molecule has 10 heteroatoms. The molecule has 0 aromatic heterocycles. The SMILES string of the molecule is CC(C)(c1ccc(C(=O)Cl)c(F)c1F)c1c(F)c(F)c(C(=O)Cl)c(F)c1F. The fraction of sp³-hybridized carbons (Fsp3) is 0.176. The fourth-order valence-electron chi connectivity index (χ4n) is 2.67. The lowest BCUT2D eigenvalue weighted by Crippen LogP contribution is -2.27. The molecule has 0 amide bonds. The second kappa shape index (κ2) is 7.16. The predicted octanol–water partition coefficient (Wildman–Crippen LogP) is 5.61. The van der Waals surface area contributed by atoms with Crippen LogP contribution in [0.2, 0.25) is 0 Å². The van der Waals surface area contributed by atoms with Crippen LogP contribution in [0.15, 0.2) is 12.1 Å². The first kappa shape index (κ1) is 21.2. The van der Waals surface area contributed by atoms with Crippen LogP contribution in [0.1, 0.15) is 45.7 Å². The molecule has 0 spiro atoms. The number of halogens is 8. The number of benzene rings is 2. The van der Waals surface area contributed by atoms with E-state index in [0.29, 0.717) is 0 Å². The summed E-state index contributed by atoms with van der Waals surface area (Å²) >= 11 is 10.0. The molecule has 0 radical (unpaired) electrons. The number of carbonyl (C=O) groups excluding carboxylic acids is 2. The van der Waals surface area contributed by atoms with Gasteiger partial charge < -0.3 is 0 Å². The molecule has 0 aliphatic rings. The van der Waals surface area contributed by atoms with Crippen LogP contribution in [0.4, 0.5) is 26.3 Å². The van der Waals surface area contributed by atoms with Gasteiger partial charge in [0.05, 0.1) is 5.56 Å². The second-order valence-electron chi connectivity index (χ2n) is 5.97. The van der Waals surface area contributed by atoms with Gasteiger partial charge in [0.15, 0.2) is 34.9 Å². The van der Waals surface area contributed by atoms with Crippen LogP contribution in [-0.4, -0.2) is 10.5 Å². The van der Waals surface area contributed by atoms with E-state index in [1.807, 2.05) is 0 Å². The summed E-state index contributed by atoms with van der Waals surface area (Å²) < 4.78 is 85.3. The van der Waals surface area contributed by atoms with Crippen molar-refractivity contribution in [2.75, 3.05) is 0 Å². The van der Waals surface area contributed by atoms with Crippen molar-refractivity contribution < 1.29 is 35.9 Å². The Morgan fingerprint density at radius 3 is 1.63 bits per heavy atom. The third kappa shape index (κ3) is 3.32. The van der Waals surface area contributed by atoms with E-state index in [2.05, 4.69) is 0 Å². The third-order valence-electron chi connectivity index (χ3n) is 4.05. The molecule has 0 aliphatic carbocycles. The molecule has 27 heavy (non-hydrogen) atoms. The Morgan fingerprint density at radius 2 is 1.22 bits per heavy atom. The first-order valence-corrected chi connectivity index (χ1v) is 7.84. The van der Waals surface area contributed by atoms with Crippen molar-refractivity contribution in [2.45, 2.75) is 19.3 Å². The Bertz CT molecular complexity index is 959. The van der Waals surface area contributed by atoms with E-state index >= 15 is 0 Å². The van der Waals surface area contributed by atoms with Crippen LogP contribution in [0.3, 0.4) is 0 Å². The normalized spacial score (nSPS) is 11.6. The van der Waals surface area contributed by atoms with E-state index < -0.39 is 73.1 Å². The van der Waals surface area contributed by atoms with E-state index in [4.69, 9.17) is 23.2 Å². The molecule has 2 aromatic carbocycles. The molecule has 2 rings (SSSR count). The van der Waals surface area contributed by atoms with Crippen molar-refractivity contribution >= 4 is 33.7 Å². The highest BCUT2D eigenvalue weighted by Gasteiger charge is 2.39. The topological polar surface area (TPSA) is 34.1 Å². The lowest BCUT2D eigenvalue weighted by atomic mass is 9.76. The van der Waals surface area contributed by atoms with Crippen molar-refractivity contribution in [1.82, 2.24) is 0 Å². The van der Waals surface area contributed by atoms with Gasteiger partial charge in [-0.05, 0) is 29.3 Å². The molecule has 2 nitrogen and oxygen atoms in total. The minimum absolute atomic E-state index is 0.719. The maximum absolute atomic E-state index is 14.4. The Kier molecular flexibility index (Phi) is 5.64. The number of carbonyl (C=O) groups is 2. The van der Waals surface area contributed by atoms with Crippen LogP contribution in [-0.2, 0) is 5.41 Å². The number of rotatable bonds is 4. The summed E-state index contributed by atoms with van der Waals surface area (Å²) in [5, 5.41) is -3.11. The highest BCUT2D eigenvalue weighted by molar-refractivity contribution is 6.68. The monoisotopic (exact) mass is 428 g/mol. The Hall–Kier alpha value is -2.06. The molecule has 0 saturated carbocycles. The van der Waals surface area contributed by atoms with Crippen molar-refractivity contribution in [1.29, 1.82) is 0 Å². The van der Waals surface area contributed by atoms with Gasteiger partial charge >= 0.3 is 0 Å². The smallest absolute Gasteiger partial charge is 0.258 e. The zero-order valence-corrected chi connectivity index (χ0v) is 15.0. The van der Waals surface area contributed by atoms with E-state index in [1.54, 1.807) is 0 Å². The molecule has 0 atom stereocenters. The highest BCUT2D eigenvalue weighted by atomic mass is 35.5. The van der Waals surface area contributed by atoms with Crippen molar-refractivity contribution in [3.8, 4) is 0 Å². The van der Waals surface area contributed by atoms with Crippen LogP contribution < -0.4 is 0 Å². The van der Waals surface area contributed by atoms with Gasteiger partial charge in [0.1, 0.15) is 5.56 Å². The minimum Gasteiger partial charge on any atom is -0.275 e. The Balaban J connectivity index is 2.85. The van der Waals surface area contributed by atoms with Crippen molar-refractivity contribution in [2.24, 2.45) is 0 Å². The van der Waals surface area contributed by atoms with Gasteiger partial charge in [-0.15, -0.1) is 0 Å². The molecular weight excluding hydrogens is 421 g/mol. The van der Waals surface area contributed by atoms with Gasteiger partial charge in [-0.25, -0.2) is 26.3 Å². The quantitative estimate of drug-likeness (QED) is 0.360. The molecule has 144 valence electrons. The van der Waals surface area contributed by atoms with Crippen molar-refractivity contribution in [3.05, 3.63) is 69.3 Å². The zero-order chi connectivity index (χ0) is 20.8. The van der Waals surface area contributed by atoms with E-state index in [1.165, 1.54) is 0 Å². The zero-order valence-electron chi connectivity index (χ0n) is 13.5. The van der Waals surface area contributed by atoms with Gasteiger partial charge in [-0.2, -0.15) is 0 Å². The average molecular weight is 429 g/mol. The van der Waals surface area contributed by atoms with Crippen LogP contribution in [0, 0.1) is 34.9 Å². The molecule has 2 aromatic rings. The largest absolute Gasteiger partial charge is 0.275 e. The van der Waals surface area contributed by atoms with E-state index in [0.717, 1.165) is 26.0 Å². The molecule has 0 fully saturated rings. The van der Waals surface area contributed by atoms with Crippen LogP contribution in [0.5, 0.6) is 0 Å². The van der Waals surface area contributed by atoms with Gasteiger partial charge in [0.25, 0.3) is 10.5 Å². The summed E-state index contributed by atoms with van der Waals surface area (Å²) in [6.45, 7) is 1.91. The lowest BCUT2D eigenvalue weighted by molar-refractivity contribution is 0.106. The summed E-state index contributed by atoms with van der Waals surface area (Å²) in [4.78, 5) is 22.1. The molecule has 0 bridgehead atoms. The van der Waals surface area contributed by atoms with Gasteiger partial charge in [0.2, 0.25) is 0 Å². The van der Waals surface area contributed by atoms with E-state index in [-0.39, 0.29) is 0 Å². The average Bonchev–Trinajstić information content (AvgIpc) is 2.54. The molecule has 0 saturated heterocycles. The van der Waals surface area contributed by atoms with Crippen LogP contribution in [0.25, 0.3) is 0 Å². The van der Waals surface area contributed by atoms with Crippen LogP contribution >= 0.6 is 23.2 Å². The highest BCUT2D eigenvalue weighted by Crippen LogP contribution is 2.40. The molecule has 0 aliphatic heterocycles. The number of hydrogen-bond acceptors (Lipinski definition) is 2. The summed E-state index contributed by atoms with van der Waals surface area (Å²) in [7, 11) is 0.